The van der Waals surface area contributed by atoms with Gasteiger partial charge in [-0.25, -0.2) is 0 Å². The Kier molecular flexibility index (Phi) is 7.68. The summed E-state index contributed by atoms with van der Waals surface area (Å²) < 4.78 is 6.05. The number of carbonyl (C=O) groups is 1. The van der Waals surface area contributed by atoms with E-state index in [1.54, 1.807) is 4.90 Å². The minimum atomic E-state index is -0.586. The van der Waals surface area contributed by atoms with E-state index in [1.807, 2.05) is 39.1 Å². The van der Waals surface area contributed by atoms with E-state index in [4.69, 9.17) is 10.5 Å². The zero-order valence-corrected chi connectivity index (χ0v) is 18.1. The molecule has 2 aromatic carbocycles. The zero-order valence-electron chi connectivity index (χ0n) is 18.1. The number of rotatable bonds is 8. The minimum absolute atomic E-state index is 0.0186. The molecule has 0 bridgehead atoms. The van der Waals surface area contributed by atoms with Gasteiger partial charge < -0.3 is 15.4 Å². The van der Waals surface area contributed by atoms with E-state index in [0.29, 0.717) is 12.5 Å². The van der Waals surface area contributed by atoms with Gasteiger partial charge in [-0.3, -0.25) is 4.79 Å². The van der Waals surface area contributed by atoms with E-state index >= 15 is 0 Å². The number of benzene rings is 2. The van der Waals surface area contributed by atoms with E-state index in [2.05, 4.69) is 24.3 Å². The quantitative estimate of drug-likeness (QED) is 0.691. The van der Waals surface area contributed by atoms with Crippen LogP contribution < -0.4 is 5.73 Å². The maximum atomic E-state index is 13.3. The van der Waals surface area contributed by atoms with E-state index in [9.17, 15) is 4.79 Å². The fraction of sp³-hybridized carbons (Fsp3) is 0.560. The second-order valence-corrected chi connectivity index (χ2v) is 8.84. The monoisotopic (exact) mass is 396 g/mol. The molecule has 1 aliphatic carbocycles. The van der Waals surface area contributed by atoms with Gasteiger partial charge in [-0.1, -0.05) is 74.6 Å². The Hall–Kier alpha value is -1.91. The minimum Gasteiger partial charge on any atom is -0.364 e. The van der Waals surface area contributed by atoms with Crippen LogP contribution in [0.2, 0.25) is 0 Å². The van der Waals surface area contributed by atoms with E-state index < -0.39 is 6.10 Å². The van der Waals surface area contributed by atoms with E-state index in [1.165, 1.54) is 42.9 Å². The molecule has 3 rings (SSSR count). The molecular formula is C25H36N2O2. The number of likely N-dealkylation sites (N-methyl/N-ethyl adjacent to an activating group) is 1. The van der Waals surface area contributed by atoms with Crippen molar-refractivity contribution in [2.24, 2.45) is 11.7 Å². The molecule has 4 heteroatoms. The highest BCUT2D eigenvalue weighted by atomic mass is 16.5. The highest BCUT2D eigenvalue weighted by Crippen LogP contribution is 2.28. The second kappa shape index (κ2) is 10.2. The molecule has 1 amide bonds. The third kappa shape index (κ3) is 5.80. The number of nitrogens with two attached hydrogens (primary N) is 1. The average molecular weight is 397 g/mol. The summed E-state index contributed by atoms with van der Waals surface area (Å²) in [5, 5.41) is 2.37. The summed E-state index contributed by atoms with van der Waals surface area (Å²) in [6.07, 6.45) is 6.58. The number of hydrogen-bond donors (Lipinski definition) is 1. The summed E-state index contributed by atoms with van der Waals surface area (Å²) >= 11 is 0. The van der Waals surface area contributed by atoms with Crippen molar-refractivity contribution >= 4 is 16.7 Å². The van der Waals surface area contributed by atoms with E-state index in [-0.39, 0.29) is 18.1 Å². The Morgan fingerprint density at radius 3 is 2.52 bits per heavy atom. The molecule has 0 heterocycles. The van der Waals surface area contributed by atoms with Gasteiger partial charge in [-0.2, -0.15) is 0 Å². The zero-order chi connectivity index (χ0) is 20.8. The first-order valence-electron chi connectivity index (χ1n) is 11.1. The Bertz CT molecular complexity index is 793. The largest absolute Gasteiger partial charge is 0.364 e. The van der Waals surface area contributed by atoms with Crippen LogP contribution in [0.15, 0.2) is 42.5 Å². The summed E-state index contributed by atoms with van der Waals surface area (Å²) in [6.45, 7) is 4.49. The number of nitrogens with zero attached hydrogens (tertiary/aromatic N) is 1. The molecule has 0 spiro atoms. The van der Waals surface area contributed by atoms with Crippen molar-refractivity contribution in [1.29, 1.82) is 0 Å². The SMILES string of the molecule is CC(C)OC(C(=O)N(C)Cc1cccc2ccccc12)[C@H](N)CC1CCCCC1. The predicted octanol–water partition coefficient (Wildman–Crippen LogP) is 4.89. The van der Waals surface area contributed by atoms with Crippen molar-refractivity contribution in [2.75, 3.05) is 7.05 Å². The molecule has 2 aromatic rings. The number of hydrogen-bond acceptors (Lipinski definition) is 3. The van der Waals surface area contributed by atoms with Gasteiger partial charge in [0.15, 0.2) is 6.10 Å². The second-order valence-electron chi connectivity index (χ2n) is 8.84. The van der Waals surface area contributed by atoms with E-state index in [0.717, 1.165) is 12.0 Å². The van der Waals surface area contributed by atoms with Crippen molar-refractivity contribution in [2.45, 2.75) is 77.2 Å². The summed E-state index contributed by atoms with van der Waals surface area (Å²) in [4.78, 5) is 15.1. The van der Waals surface area contributed by atoms with Crippen molar-refractivity contribution < 1.29 is 9.53 Å². The summed E-state index contributed by atoms with van der Waals surface area (Å²) in [5.41, 5.74) is 7.69. The average Bonchev–Trinajstić information content (AvgIpc) is 2.72. The number of carbonyl (C=O) groups excluding carboxylic acids is 1. The maximum absolute atomic E-state index is 13.3. The molecule has 0 radical (unpaired) electrons. The molecule has 2 N–H and O–H groups in total. The molecule has 0 saturated heterocycles. The Balaban J connectivity index is 1.72. The van der Waals surface area contributed by atoms with Crippen molar-refractivity contribution in [3.63, 3.8) is 0 Å². The first-order valence-corrected chi connectivity index (χ1v) is 11.1. The number of amides is 1. The molecule has 1 saturated carbocycles. The highest BCUT2D eigenvalue weighted by Gasteiger charge is 2.32. The molecule has 158 valence electrons. The van der Waals surface area contributed by atoms with Crippen LogP contribution in [0.3, 0.4) is 0 Å². The van der Waals surface area contributed by atoms with Crippen LogP contribution >= 0.6 is 0 Å². The smallest absolute Gasteiger partial charge is 0.253 e. The molecule has 2 atom stereocenters. The van der Waals surface area contributed by atoms with Gasteiger partial charge in [-0.05, 0) is 42.5 Å². The van der Waals surface area contributed by atoms with Gasteiger partial charge in [-0.15, -0.1) is 0 Å². The molecular weight excluding hydrogens is 360 g/mol. The maximum Gasteiger partial charge on any atom is 0.253 e. The van der Waals surface area contributed by atoms with Crippen molar-refractivity contribution in [3.05, 3.63) is 48.0 Å². The van der Waals surface area contributed by atoms with Crippen LogP contribution in [-0.2, 0) is 16.1 Å². The molecule has 4 nitrogen and oxygen atoms in total. The van der Waals surface area contributed by atoms with Gasteiger partial charge >= 0.3 is 0 Å². The summed E-state index contributed by atoms with van der Waals surface area (Å²) in [5.74, 6) is 0.600. The lowest BCUT2D eigenvalue weighted by Gasteiger charge is -2.32. The van der Waals surface area contributed by atoms with Gasteiger partial charge in [0.05, 0.1) is 6.10 Å². The number of fused-ring (bicyclic) bond motifs is 1. The molecule has 0 aliphatic heterocycles. The summed E-state index contributed by atoms with van der Waals surface area (Å²) in [7, 11) is 1.86. The lowest BCUT2D eigenvalue weighted by Crippen LogP contribution is -2.50. The van der Waals surface area contributed by atoms with Crippen molar-refractivity contribution in [3.8, 4) is 0 Å². The Labute approximate surface area is 175 Å². The standard InChI is InChI=1S/C25H36N2O2/c1-18(2)29-24(23(26)16-19-10-5-4-6-11-19)25(28)27(3)17-21-14-9-13-20-12-7-8-15-22(20)21/h7-9,12-15,18-19,23-24H,4-6,10-11,16-17,26H2,1-3H3/t23-,24?/m1/s1. The van der Waals surface area contributed by atoms with Crippen LogP contribution in [0.25, 0.3) is 10.8 Å². The molecule has 1 unspecified atom stereocenters. The Morgan fingerprint density at radius 1 is 1.10 bits per heavy atom. The fourth-order valence-corrected chi connectivity index (χ4v) is 4.55. The van der Waals surface area contributed by atoms with Crippen LogP contribution in [-0.4, -0.2) is 36.1 Å². The summed E-state index contributed by atoms with van der Waals surface area (Å²) in [6, 6.07) is 14.3. The van der Waals surface area contributed by atoms with Gasteiger partial charge in [0.2, 0.25) is 0 Å². The van der Waals surface area contributed by atoms with Crippen LogP contribution in [0.4, 0.5) is 0 Å². The molecule has 0 aromatic heterocycles. The van der Waals surface area contributed by atoms with Gasteiger partial charge in [0, 0.05) is 19.6 Å². The van der Waals surface area contributed by atoms with Crippen LogP contribution in [0, 0.1) is 5.92 Å². The topological polar surface area (TPSA) is 55.6 Å². The molecule has 29 heavy (non-hydrogen) atoms. The van der Waals surface area contributed by atoms with Crippen LogP contribution in [0.1, 0.15) is 57.9 Å². The third-order valence-corrected chi connectivity index (χ3v) is 6.04. The fourth-order valence-electron chi connectivity index (χ4n) is 4.55. The number of ether oxygens (including phenoxy) is 1. The van der Waals surface area contributed by atoms with Crippen LogP contribution in [0.5, 0.6) is 0 Å². The van der Waals surface area contributed by atoms with Gasteiger partial charge in [0.25, 0.3) is 5.91 Å². The lowest BCUT2D eigenvalue weighted by molar-refractivity contribution is -0.147. The third-order valence-electron chi connectivity index (χ3n) is 6.04. The van der Waals surface area contributed by atoms with Crippen molar-refractivity contribution in [1.82, 2.24) is 4.90 Å². The first-order chi connectivity index (χ1) is 14.0. The highest BCUT2D eigenvalue weighted by molar-refractivity contribution is 5.86. The van der Waals surface area contributed by atoms with Gasteiger partial charge in [0.1, 0.15) is 0 Å². The molecule has 1 aliphatic rings. The normalized spacial score (nSPS) is 17.4. The first kappa shape index (κ1) is 21.8. The Morgan fingerprint density at radius 2 is 1.79 bits per heavy atom. The molecule has 1 fully saturated rings. The lowest BCUT2D eigenvalue weighted by atomic mass is 9.83. The predicted molar refractivity (Wildman–Crippen MR) is 120 cm³/mol.